The summed E-state index contributed by atoms with van der Waals surface area (Å²) in [5.41, 5.74) is 0.669. The van der Waals surface area contributed by atoms with Crippen LogP contribution in [0.1, 0.15) is 12.5 Å². The van der Waals surface area contributed by atoms with Gasteiger partial charge in [-0.15, -0.1) is 11.8 Å². The van der Waals surface area contributed by atoms with E-state index in [1.807, 2.05) is 6.92 Å². The minimum absolute atomic E-state index is 0.0582. The standard InChI is InChI=1S/C13H11F2NO3S/c1-3-20-12-11(19-13(17)18)6(2)7-4-8(14)9(15)5-10(7)16-12/h4-5H,3H2,1-2H3,(H,17,18). The molecule has 20 heavy (non-hydrogen) atoms. The molecule has 0 atom stereocenters. The summed E-state index contributed by atoms with van der Waals surface area (Å²) >= 11 is 1.27. The first-order valence-electron chi connectivity index (χ1n) is 5.77. The van der Waals surface area contributed by atoms with Crippen LogP contribution < -0.4 is 4.74 Å². The Kier molecular flexibility index (Phi) is 4.08. The number of hydrogen-bond donors (Lipinski definition) is 1. The summed E-state index contributed by atoms with van der Waals surface area (Å²) in [6.45, 7) is 3.45. The molecule has 0 saturated heterocycles. The van der Waals surface area contributed by atoms with Crippen molar-refractivity contribution >= 4 is 28.8 Å². The topological polar surface area (TPSA) is 59.4 Å². The summed E-state index contributed by atoms with van der Waals surface area (Å²) < 4.78 is 31.3. The smallest absolute Gasteiger partial charge is 0.449 e. The Hall–Kier alpha value is -1.89. The average Bonchev–Trinajstić information content (AvgIpc) is 2.37. The zero-order chi connectivity index (χ0) is 14.9. The molecule has 0 spiro atoms. The van der Waals surface area contributed by atoms with E-state index in [0.29, 0.717) is 21.7 Å². The number of benzene rings is 1. The third-order valence-corrected chi connectivity index (χ3v) is 3.51. The Balaban J connectivity index is 2.74. The quantitative estimate of drug-likeness (QED) is 0.686. The second-order valence-electron chi connectivity index (χ2n) is 3.96. The van der Waals surface area contributed by atoms with Crippen LogP contribution in [-0.4, -0.2) is 22.0 Å². The highest BCUT2D eigenvalue weighted by atomic mass is 32.2. The fourth-order valence-electron chi connectivity index (χ4n) is 1.81. The highest BCUT2D eigenvalue weighted by molar-refractivity contribution is 7.99. The number of fused-ring (bicyclic) bond motifs is 1. The number of halogens is 2. The molecule has 1 heterocycles. The van der Waals surface area contributed by atoms with Crippen molar-refractivity contribution in [3.05, 3.63) is 29.3 Å². The fourth-order valence-corrected chi connectivity index (χ4v) is 2.58. The molecule has 0 amide bonds. The van der Waals surface area contributed by atoms with E-state index in [2.05, 4.69) is 4.98 Å². The van der Waals surface area contributed by atoms with Crippen LogP contribution in [0.4, 0.5) is 13.6 Å². The molecular formula is C13H11F2NO3S. The monoisotopic (exact) mass is 299 g/mol. The highest BCUT2D eigenvalue weighted by Crippen LogP contribution is 2.36. The molecule has 0 bridgehead atoms. The average molecular weight is 299 g/mol. The molecule has 4 nitrogen and oxygen atoms in total. The fraction of sp³-hybridized carbons (Fsp3) is 0.231. The minimum Gasteiger partial charge on any atom is -0.449 e. The summed E-state index contributed by atoms with van der Waals surface area (Å²) in [5, 5.41) is 9.42. The number of thioether (sulfide) groups is 1. The number of nitrogens with zero attached hydrogens (tertiary/aromatic N) is 1. The van der Waals surface area contributed by atoms with Crippen molar-refractivity contribution in [2.24, 2.45) is 0 Å². The second-order valence-corrected chi connectivity index (χ2v) is 5.21. The molecule has 7 heteroatoms. The Morgan fingerprint density at radius 3 is 2.65 bits per heavy atom. The number of ether oxygens (including phenoxy) is 1. The molecule has 106 valence electrons. The lowest BCUT2D eigenvalue weighted by Crippen LogP contribution is -2.07. The molecule has 2 aromatic rings. The molecule has 0 fully saturated rings. The predicted octanol–water partition coefficient (Wildman–Crippen LogP) is 3.99. The second kappa shape index (κ2) is 5.62. The van der Waals surface area contributed by atoms with E-state index >= 15 is 0 Å². The van der Waals surface area contributed by atoms with Crippen molar-refractivity contribution in [1.82, 2.24) is 4.98 Å². The summed E-state index contributed by atoms with van der Waals surface area (Å²) in [6, 6.07) is 1.98. The third kappa shape index (κ3) is 2.67. The SMILES string of the molecule is CCSc1nc2cc(F)c(F)cc2c(C)c1OC(=O)O. The van der Waals surface area contributed by atoms with Gasteiger partial charge in [0.1, 0.15) is 5.03 Å². The van der Waals surface area contributed by atoms with Gasteiger partial charge in [-0.25, -0.2) is 18.6 Å². The van der Waals surface area contributed by atoms with E-state index in [0.717, 1.165) is 12.1 Å². The molecular weight excluding hydrogens is 288 g/mol. The van der Waals surface area contributed by atoms with Crippen LogP contribution >= 0.6 is 11.8 Å². The number of carboxylic acid groups (broad SMARTS) is 1. The molecule has 0 aliphatic carbocycles. The Labute approximate surface area is 117 Å². The summed E-state index contributed by atoms with van der Waals surface area (Å²) in [5.74, 6) is -1.32. The lowest BCUT2D eigenvalue weighted by Gasteiger charge is -2.12. The maximum atomic E-state index is 13.3. The molecule has 1 N–H and O–H groups in total. The van der Waals surface area contributed by atoms with Crippen LogP contribution in [0, 0.1) is 18.6 Å². The summed E-state index contributed by atoms with van der Waals surface area (Å²) in [4.78, 5) is 14.9. The van der Waals surface area contributed by atoms with Crippen LogP contribution in [0.15, 0.2) is 17.2 Å². The highest BCUT2D eigenvalue weighted by Gasteiger charge is 2.18. The Bertz CT molecular complexity index is 691. The lowest BCUT2D eigenvalue weighted by molar-refractivity contribution is 0.142. The molecule has 0 radical (unpaired) electrons. The van der Waals surface area contributed by atoms with Gasteiger partial charge in [-0.05, 0) is 18.7 Å². The van der Waals surface area contributed by atoms with Gasteiger partial charge in [-0.1, -0.05) is 6.92 Å². The van der Waals surface area contributed by atoms with Crippen molar-refractivity contribution in [1.29, 1.82) is 0 Å². The van der Waals surface area contributed by atoms with Crippen LogP contribution in [0.2, 0.25) is 0 Å². The van der Waals surface area contributed by atoms with Crippen LogP contribution in [-0.2, 0) is 0 Å². The van der Waals surface area contributed by atoms with E-state index < -0.39 is 17.8 Å². The first-order valence-corrected chi connectivity index (χ1v) is 6.75. The van der Waals surface area contributed by atoms with Crippen molar-refractivity contribution in [2.75, 3.05) is 5.75 Å². The summed E-state index contributed by atoms with van der Waals surface area (Å²) in [6.07, 6.45) is -1.48. The number of hydrogen-bond acceptors (Lipinski definition) is 4. The van der Waals surface area contributed by atoms with Gasteiger partial charge in [0.25, 0.3) is 0 Å². The van der Waals surface area contributed by atoms with E-state index in [-0.39, 0.29) is 11.3 Å². The van der Waals surface area contributed by atoms with E-state index in [1.54, 1.807) is 6.92 Å². The molecule has 2 rings (SSSR count). The molecule has 1 aromatic heterocycles. The number of aryl methyl sites for hydroxylation is 1. The zero-order valence-corrected chi connectivity index (χ0v) is 11.6. The maximum absolute atomic E-state index is 13.3. The maximum Gasteiger partial charge on any atom is 0.511 e. The molecule has 0 unspecified atom stereocenters. The number of rotatable bonds is 3. The molecule has 0 saturated carbocycles. The van der Waals surface area contributed by atoms with Gasteiger partial charge in [0.15, 0.2) is 17.4 Å². The van der Waals surface area contributed by atoms with Crippen molar-refractivity contribution in [3.8, 4) is 5.75 Å². The van der Waals surface area contributed by atoms with E-state index in [4.69, 9.17) is 9.84 Å². The third-order valence-electron chi connectivity index (χ3n) is 2.67. The van der Waals surface area contributed by atoms with Gasteiger partial charge in [0, 0.05) is 17.0 Å². The molecule has 1 aromatic carbocycles. The lowest BCUT2D eigenvalue weighted by atomic mass is 10.1. The molecule has 0 aliphatic rings. The predicted molar refractivity (Wildman–Crippen MR) is 71.4 cm³/mol. The number of carbonyl (C=O) groups is 1. The van der Waals surface area contributed by atoms with Gasteiger partial charge in [0.05, 0.1) is 5.52 Å². The van der Waals surface area contributed by atoms with Crippen LogP contribution in [0.25, 0.3) is 10.9 Å². The number of pyridine rings is 1. The van der Waals surface area contributed by atoms with E-state index in [1.165, 1.54) is 11.8 Å². The van der Waals surface area contributed by atoms with Crippen molar-refractivity contribution in [3.63, 3.8) is 0 Å². The first-order chi connectivity index (χ1) is 9.43. The van der Waals surface area contributed by atoms with Gasteiger partial charge in [-0.3, -0.25) is 0 Å². The van der Waals surface area contributed by atoms with Gasteiger partial charge in [-0.2, -0.15) is 0 Å². The normalized spacial score (nSPS) is 10.8. The van der Waals surface area contributed by atoms with E-state index in [9.17, 15) is 13.6 Å². The minimum atomic E-state index is -1.48. The largest absolute Gasteiger partial charge is 0.511 e. The van der Waals surface area contributed by atoms with Crippen molar-refractivity contribution in [2.45, 2.75) is 18.9 Å². The van der Waals surface area contributed by atoms with Crippen LogP contribution in [0.3, 0.4) is 0 Å². The summed E-state index contributed by atoms with van der Waals surface area (Å²) in [7, 11) is 0. The Morgan fingerprint density at radius 2 is 2.05 bits per heavy atom. The Morgan fingerprint density at radius 1 is 1.40 bits per heavy atom. The van der Waals surface area contributed by atoms with Gasteiger partial charge >= 0.3 is 6.16 Å². The zero-order valence-electron chi connectivity index (χ0n) is 10.7. The molecule has 0 aliphatic heterocycles. The first kappa shape index (κ1) is 14.5. The van der Waals surface area contributed by atoms with Gasteiger partial charge in [0.2, 0.25) is 0 Å². The number of aromatic nitrogens is 1. The van der Waals surface area contributed by atoms with Crippen LogP contribution in [0.5, 0.6) is 5.75 Å². The van der Waals surface area contributed by atoms with Crippen molar-refractivity contribution < 1.29 is 23.4 Å². The van der Waals surface area contributed by atoms with Gasteiger partial charge < -0.3 is 9.84 Å².